The number of hydrogen-bond acceptors (Lipinski definition) is 3. The van der Waals surface area contributed by atoms with Gasteiger partial charge in [0.2, 0.25) is 0 Å². The molecule has 0 rings (SSSR count). The second-order valence-corrected chi connectivity index (χ2v) is 3.32. The molecule has 0 fully saturated rings. The molecule has 0 bridgehead atoms. The van der Waals surface area contributed by atoms with Crippen molar-refractivity contribution in [2.75, 3.05) is 7.11 Å². The van der Waals surface area contributed by atoms with E-state index in [0.717, 1.165) is 44.2 Å². The summed E-state index contributed by atoms with van der Waals surface area (Å²) >= 11 is 0. The molecule has 0 aromatic rings. The highest BCUT2D eigenvalue weighted by atomic mass is 16.5. The summed E-state index contributed by atoms with van der Waals surface area (Å²) in [7, 11) is 1.54. The van der Waals surface area contributed by atoms with Crippen LogP contribution >= 0.6 is 0 Å². The van der Waals surface area contributed by atoms with Crippen molar-refractivity contribution in [2.24, 2.45) is 0 Å². The normalized spacial score (nSPS) is 9.69. The SMILES string of the molecule is COC(=N)CCCCCCC(C)=N. The van der Waals surface area contributed by atoms with Gasteiger partial charge in [0.05, 0.1) is 7.11 Å². The Hall–Kier alpha value is -0.860. The predicted molar refractivity (Wildman–Crippen MR) is 55.8 cm³/mol. The molecule has 76 valence electrons. The van der Waals surface area contributed by atoms with Crippen molar-refractivity contribution in [3.05, 3.63) is 0 Å². The molecule has 0 saturated heterocycles. The maximum absolute atomic E-state index is 7.23. The Morgan fingerprint density at radius 1 is 1.00 bits per heavy atom. The fourth-order valence-electron chi connectivity index (χ4n) is 1.13. The van der Waals surface area contributed by atoms with Crippen molar-refractivity contribution in [1.82, 2.24) is 0 Å². The molecule has 0 aliphatic rings. The highest BCUT2D eigenvalue weighted by Gasteiger charge is 1.95. The van der Waals surface area contributed by atoms with Crippen molar-refractivity contribution in [3.63, 3.8) is 0 Å². The predicted octanol–water partition coefficient (Wildman–Crippen LogP) is 2.99. The van der Waals surface area contributed by atoms with Gasteiger partial charge in [-0.25, -0.2) is 0 Å². The van der Waals surface area contributed by atoms with Crippen LogP contribution in [0.3, 0.4) is 0 Å². The van der Waals surface area contributed by atoms with Crippen molar-refractivity contribution < 1.29 is 4.74 Å². The Bertz CT molecular complexity index is 166. The zero-order chi connectivity index (χ0) is 10.1. The first-order chi connectivity index (χ1) is 6.16. The van der Waals surface area contributed by atoms with Crippen LogP contribution in [0, 0.1) is 10.8 Å². The van der Waals surface area contributed by atoms with Gasteiger partial charge in [-0.1, -0.05) is 12.8 Å². The lowest BCUT2D eigenvalue weighted by atomic mass is 10.1. The fourth-order valence-corrected chi connectivity index (χ4v) is 1.13. The van der Waals surface area contributed by atoms with E-state index in [1.807, 2.05) is 6.92 Å². The van der Waals surface area contributed by atoms with E-state index in [2.05, 4.69) is 0 Å². The molecule has 0 heterocycles. The number of unbranched alkanes of at least 4 members (excludes halogenated alkanes) is 3. The maximum atomic E-state index is 7.23. The molecule has 3 heteroatoms. The van der Waals surface area contributed by atoms with E-state index in [4.69, 9.17) is 15.6 Å². The number of rotatable bonds is 7. The Morgan fingerprint density at radius 3 is 2.00 bits per heavy atom. The molecule has 0 saturated carbocycles. The highest BCUT2D eigenvalue weighted by molar-refractivity contribution is 5.78. The lowest BCUT2D eigenvalue weighted by Crippen LogP contribution is -1.98. The molecular formula is C10H20N2O. The molecule has 0 spiro atoms. The van der Waals surface area contributed by atoms with Crippen molar-refractivity contribution in [2.45, 2.75) is 45.4 Å². The van der Waals surface area contributed by atoms with Gasteiger partial charge in [0, 0.05) is 12.1 Å². The summed E-state index contributed by atoms with van der Waals surface area (Å²) < 4.78 is 4.74. The van der Waals surface area contributed by atoms with Gasteiger partial charge in [0.15, 0.2) is 5.90 Å². The average Bonchev–Trinajstić information content (AvgIpc) is 2.10. The van der Waals surface area contributed by atoms with Crippen LogP contribution in [0.5, 0.6) is 0 Å². The summed E-state index contributed by atoms with van der Waals surface area (Å²) in [4.78, 5) is 0. The van der Waals surface area contributed by atoms with Gasteiger partial charge in [-0.3, -0.25) is 5.41 Å². The number of hydrogen-bond donors (Lipinski definition) is 2. The second-order valence-electron chi connectivity index (χ2n) is 3.32. The highest BCUT2D eigenvalue weighted by Crippen LogP contribution is 2.06. The largest absolute Gasteiger partial charge is 0.484 e. The van der Waals surface area contributed by atoms with Gasteiger partial charge in [-0.05, 0) is 26.2 Å². The number of methoxy groups -OCH3 is 1. The lowest BCUT2D eigenvalue weighted by Gasteiger charge is -2.02. The molecule has 0 aromatic carbocycles. The fraction of sp³-hybridized carbons (Fsp3) is 0.800. The molecule has 0 aliphatic carbocycles. The Balaban J connectivity index is 3.08. The summed E-state index contributed by atoms with van der Waals surface area (Å²) in [5.41, 5.74) is 0.768. The molecule has 3 nitrogen and oxygen atoms in total. The van der Waals surface area contributed by atoms with E-state index in [0.29, 0.717) is 5.90 Å². The minimum absolute atomic E-state index is 0.378. The standard InChI is InChI=1S/C10H20N2O/c1-9(11)7-5-3-4-6-8-10(12)13-2/h11-12H,3-8H2,1-2H3. The monoisotopic (exact) mass is 184 g/mol. The van der Waals surface area contributed by atoms with E-state index < -0.39 is 0 Å². The van der Waals surface area contributed by atoms with Gasteiger partial charge in [-0.2, -0.15) is 0 Å². The molecular weight excluding hydrogens is 164 g/mol. The first-order valence-corrected chi connectivity index (χ1v) is 4.82. The molecule has 0 unspecified atom stereocenters. The van der Waals surface area contributed by atoms with Crippen LogP contribution in [0.1, 0.15) is 45.4 Å². The molecule has 2 N–H and O–H groups in total. The topological polar surface area (TPSA) is 56.9 Å². The third-order valence-corrected chi connectivity index (χ3v) is 1.95. The van der Waals surface area contributed by atoms with Crippen molar-refractivity contribution >= 4 is 11.6 Å². The van der Waals surface area contributed by atoms with E-state index in [9.17, 15) is 0 Å². The first kappa shape index (κ1) is 12.1. The Morgan fingerprint density at radius 2 is 1.54 bits per heavy atom. The Labute approximate surface area is 80.5 Å². The zero-order valence-corrected chi connectivity index (χ0v) is 8.65. The van der Waals surface area contributed by atoms with Gasteiger partial charge in [-0.15, -0.1) is 0 Å². The van der Waals surface area contributed by atoms with Crippen LogP contribution in [0.25, 0.3) is 0 Å². The van der Waals surface area contributed by atoms with E-state index in [-0.39, 0.29) is 0 Å². The van der Waals surface area contributed by atoms with Crippen LogP contribution in [-0.2, 0) is 4.74 Å². The molecule has 0 aliphatic heterocycles. The Kier molecular flexibility index (Phi) is 7.26. The van der Waals surface area contributed by atoms with Crippen LogP contribution < -0.4 is 0 Å². The van der Waals surface area contributed by atoms with Crippen LogP contribution in [-0.4, -0.2) is 18.7 Å². The molecule has 0 amide bonds. The minimum atomic E-state index is 0.378. The molecule has 0 aromatic heterocycles. The third-order valence-electron chi connectivity index (χ3n) is 1.95. The molecule has 13 heavy (non-hydrogen) atoms. The summed E-state index contributed by atoms with van der Waals surface area (Å²) in [6.45, 7) is 1.85. The van der Waals surface area contributed by atoms with E-state index in [1.54, 1.807) is 7.11 Å². The van der Waals surface area contributed by atoms with Crippen LogP contribution in [0.15, 0.2) is 0 Å². The molecule has 0 radical (unpaired) electrons. The number of nitrogens with one attached hydrogen (secondary N) is 2. The van der Waals surface area contributed by atoms with Gasteiger partial charge in [0.25, 0.3) is 0 Å². The first-order valence-electron chi connectivity index (χ1n) is 4.82. The van der Waals surface area contributed by atoms with Crippen LogP contribution in [0.4, 0.5) is 0 Å². The summed E-state index contributed by atoms with van der Waals surface area (Å²) in [6.07, 6.45) is 6.10. The van der Waals surface area contributed by atoms with Gasteiger partial charge < -0.3 is 10.1 Å². The summed E-state index contributed by atoms with van der Waals surface area (Å²) in [5.74, 6) is 0.378. The third kappa shape index (κ3) is 9.05. The van der Waals surface area contributed by atoms with Crippen LogP contribution in [0.2, 0.25) is 0 Å². The smallest absolute Gasteiger partial charge is 0.180 e. The van der Waals surface area contributed by atoms with E-state index in [1.165, 1.54) is 0 Å². The van der Waals surface area contributed by atoms with Crippen molar-refractivity contribution in [1.29, 1.82) is 10.8 Å². The van der Waals surface area contributed by atoms with Crippen molar-refractivity contribution in [3.8, 4) is 0 Å². The molecule has 0 atom stereocenters. The van der Waals surface area contributed by atoms with E-state index >= 15 is 0 Å². The summed E-state index contributed by atoms with van der Waals surface area (Å²) in [6, 6.07) is 0. The minimum Gasteiger partial charge on any atom is -0.484 e. The zero-order valence-electron chi connectivity index (χ0n) is 8.65. The van der Waals surface area contributed by atoms with Gasteiger partial charge in [0.1, 0.15) is 0 Å². The quantitative estimate of drug-likeness (QED) is 0.356. The van der Waals surface area contributed by atoms with Gasteiger partial charge >= 0.3 is 0 Å². The second kappa shape index (κ2) is 7.77. The average molecular weight is 184 g/mol. The summed E-state index contributed by atoms with van der Waals surface area (Å²) in [5, 5.41) is 14.4. The maximum Gasteiger partial charge on any atom is 0.180 e. The number of ether oxygens (including phenoxy) is 1. The lowest BCUT2D eigenvalue weighted by molar-refractivity contribution is 0.383.